The number of aromatic nitrogens is 1. The summed E-state index contributed by atoms with van der Waals surface area (Å²) < 4.78 is 2.46. The molecule has 2 aromatic heterocycles. The molecule has 0 unspecified atom stereocenters. The summed E-state index contributed by atoms with van der Waals surface area (Å²) >= 11 is 1.80. The van der Waals surface area contributed by atoms with E-state index in [4.69, 9.17) is 0 Å². The molecule has 7 aromatic carbocycles. The summed E-state index contributed by atoms with van der Waals surface area (Å²) in [6.07, 6.45) is 3.88. The molecule has 0 saturated carbocycles. The molecule has 0 saturated heterocycles. The van der Waals surface area contributed by atoms with Gasteiger partial charge in [-0.1, -0.05) is 103 Å². The molecule has 0 aliphatic heterocycles. The summed E-state index contributed by atoms with van der Waals surface area (Å²) in [5.74, 6) is 0. The molecule has 0 aliphatic rings. The van der Waals surface area contributed by atoms with Gasteiger partial charge in [-0.15, -0.1) is 11.3 Å². The zero-order valence-electron chi connectivity index (χ0n) is 23.8. The fraction of sp³-hybridized carbons (Fsp3) is 0. The molecule has 0 fully saturated rings. The molecule has 0 N–H and O–H groups in total. The average molecular weight is 579 g/mol. The highest BCUT2D eigenvalue weighted by atomic mass is 32.1. The van der Waals surface area contributed by atoms with Gasteiger partial charge in [-0.3, -0.25) is 4.98 Å². The third kappa shape index (κ3) is 3.98. The van der Waals surface area contributed by atoms with E-state index >= 15 is 0 Å². The first kappa shape index (κ1) is 25.0. The van der Waals surface area contributed by atoms with Crippen LogP contribution in [0.1, 0.15) is 0 Å². The highest BCUT2D eigenvalue weighted by Crippen LogP contribution is 2.45. The van der Waals surface area contributed by atoms with Crippen LogP contribution in [0.3, 0.4) is 0 Å². The molecule has 0 bridgehead atoms. The lowest BCUT2D eigenvalue weighted by Crippen LogP contribution is -2.10. The normalized spacial score (nSPS) is 11.6. The molecule has 9 rings (SSSR count). The molecule has 3 heteroatoms. The summed E-state index contributed by atoms with van der Waals surface area (Å²) in [6.45, 7) is 0. The maximum absolute atomic E-state index is 4.41. The van der Waals surface area contributed by atoms with Crippen LogP contribution < -0.4 is 4.90 Å². The standard InChI is InChI=1S/C41H26N2S/c1-2-7-27(8-3-1)28-17-19-32(20-18-28)43(37-11-6-12-38-41(37)36-23-24-42-26-39(36)44-38)33-21-22-35-31(25-33)16-15-30-14-13-29-9-4-5-10-34(29)40(30)35/h1-26H. The van der Waals surface area contributed by atoms with E-state index in [-0.39, 0.29) is 0 Å². The lowest BCUT2D eigenvalue weighted by atomic mass is 9.96. The number of benzene rings is 7. The van der Waals surface area contributed by atoms with E-state index in [1.54, 1.807) is 11.3 Å². The average Bonchev–Trinajstić information content (AvgIpc) is 3.48. The summed E-state index contributed by atoms with van der Waals surface area (Å²) in [7, 11) is 0. The quantitative estimate of drug-likeness (QED) is 0.193. The van der Waals surface area contributed by atoms with Gasteiger partial charge < -0.3 is 4.90 Å². The van der Waals surface area contributed by atoms with E-state index in [0.29, 0.717) is 0 Å². The minimum absolute atomic E-state index is 1.12. The van der Waals surface area contributed by atoms with E-state index in [0.717, 1.165) is 17.1 Å². The fourth-order valence-corrected chi connectivity index (χ4v) is 7.76. The van der Waals surface area contributed by atoms with Gasteiger partial charge in [-0.05, 0) is 85.9 Å². The van der Waals surface area contributed by atoms with Crippen molar-refractivity contribution in [3.05, 3.63) is 158 Å². The van der Waals surface area contributed by atoms with Crippen LogP contribution >= 0.6 is 11.3 Å². The topological polar surface area (TPSA) is 16.1 Å². The molecular formula is C41H26N2S. The second kappa shape index (κ2) is 10.0. The first-order valence-electron chi connectivity index (χ1n) is 14.9. The molecule has 0 amide bonds. The van der Waals surface area contributed by atoms with Gasteiger partial charge in [-0.2, -0.15) is 0 Å². The van der Waals surface area contributed by atoms with Crippen LogP contribution in [-0.2, 0) is 0 Å². The van der Waals surface area contributed by atoms with Crippen molar-refractivity contribution < 1.29 is 0 Å². The van der Waals surface area contributed by atoms with Gasteiger partial charge in [-0.25, -0.2) is 0 Å². The Morgan fingerprint density at radius 3 is 2.07 bits per heavy atom. The van der Waals surface area contributed by atoms with Crippen LogP contribution in [0.2, 0.25) is 0 Å². The number of hydrogen-bond donors (Lipinski definition) is 0. The van der Waals surface area contributed by atoms with Crippen molar-refractivity contribution in [2.24, 2.45) is 0 Å². The first-order valence-corrected chi connectivity index (χ1v) is 15.7. The second-order valence-corrected chi connectivity index (χ2v) is 12.3. The van der Waals surface area contributed by atoms with Crippen LogP contribution in [-0.4, -0.2) is 4.98 Å². The van der Waals surface area contributed by atoms with E-state index in [1.807, 2.05) is 12.4 Å². The number of hydrogen-bond acceptors (Lipinski definition) is 3. The summed E-state index contributed by atoms with van der Waals surface area (Å²) in [5.41, 5.74) is 5.84. The van der Waals surface area contributed by atoms with E-state index in [2.05, 4.69) is 155 Å². The molecular weight excluding hydrogens is 553 g/mol. The minimum atomic E-state index is 1.12. The largest absolute Gasteiger partial charge is 0.310 e. The number of anilines is 3. The lowest BCUT2D eigenvalue weighted by molar-refractivity contribution is 1.31. The van der Waals surface area contributed by atoms with Gasteiger partial charge in [0.05, 0.1) is 10.4 Å². The Morgan fingerprint density at radius 1 is 0.455 bits per heavy atom. The SMILES string of the molecule is c1ccc(-c2ccc(N(c3ccc4c(ccc5ccc6ccccc6c54)c3)c3cccc4sc5cnccc5c34)cc2)cc1. The van der Waals surface area contributed by atoms with Gasteiger partial charge in [0.1, 0.15) is 0 Å². The van der Waals surface area contributed by atoms with Crippen LogP contribution in [0.4, 0.5) is 17.1 Å². The Bertz CT molecular complexity index is 2490. The summed E-state index contributed by atoms with van der Waals surface area (Å²) in [6, 6.07) is 52.9. The van der Waals surface area contributed by atoms with E-state index in [1.165, 1.54) is 63.6 Å². The molecule has 2 heterocycles. The van der Waals surface area contributed by atoms with Crippen molar-refractivity contribution in [1.82, 2.24) is 4.98 Å². The third-order valence-corrected chi connectivity index (χ3v) is 9.82. The Kier molecular flexibility index (Phi) is 5.71. The van der Waals surface area contributed by atoms with Crippen molar-refractivity contribution >= 4 is 80.9 Å². The van der Waals surface area contributed by atoms with Crippen molar-refractivity contribution in [3.8, 4) is 11.1 Å². The molecule has 9 aromatic rings. The molecule has 2 nitrogen and oxygen atoms in total. The predicted molar refractivity (Wildman–Crippen MR) is 190 cm³/mol. The van der Waals surface area contributed by atoms with E-state index < -0.39 is 0 Å². The molecule has 44 heavy (non-hydrogen) atoms. The molecule has 0 radical (unpaired) electrons. The maximum Gasteiger partial charge on any atom is 0.0554 e. The van der Waals surface area contributed by atoms with Crippen molar-refractivity contribution in [1.29, 1.82) is 0 Å². The number of thiophene rings is 1. The van der Waals surface area contributed by atoms with Gasteiger partial charge in [0.25, 0.3) is 0 Å². The van der Waals surface area contributed by atoms with Crippen LogP contribution in [0.25, 0.3) is 63.6 Å². The Balaban J connectivity index is 1.29. The smallest absolute Gasteiger partial charge is 0.0554 e. The molecule has 0 spiro atoms. The predicted octanol–water partition coefficient (Wildman–Crippen LogP) is 12.0. The number of nitrogens with zero attached hydrogens (tertiary/aromatic N) is 2. The third-order valence-electron chi connectivity index (χ3n) is 8.72. The van der Waals surface area contributed by atoms with Crippen LogP contribution in [0.15, 0.2) is 158 Å². The minimum Gasteiger partial charge on any atom is -0.310 e. The summed E-state index contributed by atoms with van der Waals surface area (Å²) in [4.78, 5) is 6.83. The van der Waals surface area contributed by atoms with Crippen molar-refractivity contribution in [2.45, 2.75) is 0 Å². The van der Waals surface area contributed by atoms with Crippen molar-refractivity contribution in [3.63, 3.8) is 0 Å². The van der Waals surface area contributed by atoms with Gasteiger partial charge in [0.15, 0.2) is 0 Å². The first-order chi connectivity index (χ1) is 21.8. The highest BCUT2D eigenvalue weighted by molar-refractivity contribution is 7.25. The zero-order chi connectivity index (χ0) is 29.0. The lowest BCUT2D eigenvalue weighted by Gasteiger charge is -2.27. The van der Waals surface area contributed by atoms with Gasteiger partial charge in [0, 0.05) is 39.2 Å². The summed E-state index contributed by atoms with van der Waals surface area (Å²) in [5, 5.41) is 10.1. The number of fused-ring (bicyclic) bond motifs is 8. The van der Waals surface area contributed by atoms with Gasteiger partial charge >= 0.3 is 0 Å². The number of rotatable bonds is 4. The molecule has 0 aliphatic carbocycles. The maximum atomic E-state index is 4.41. The van der Waals surface area contributed by atoms with Gasteiger partial charge in [0.2, 0.25) is 0 Å². The Morgan fingerprint density at radius 2 is 1.18 bits per heavy atom. The van der Waals surface area contributed by atoms with Crippen molar-refractivity contribution in [2.75, 3.05) is 4.90 Å². The van der Waals surface area contributed by atoms with Crippen LogP contribution in [0, 0.1) is 0 Å². The Hall–Kier alpha value is -5.51. The highest BCUT2D eigenvalue weighted by Gasteiger charge is 2.19. The van der Waals surface area contributed by atoms with Crippen LogP contribution in [0.5, 0.6) is 0 Å². The Labute approximate surface area is 259 Å². The van der Waals surface area contributed by atoms with E-state index in [9.17, 15) is 0 Å². The zero-order valence-corrected chi connectivity index (χ0v) is 24.6. The molecule has 206 valence electrons. The fourth-order valence-electron chi connectivity index (χ4n) is 6.67. The molecule has 0 atom stereocenters. The number of pyridine rings is 1. The monoisotopic (exact) mass is 578 g/mol. The second-order valence-electron chi connectivity index (χ2n) is 11.2.